The van der Waals surface area contributed by atoms with Crippen molar-refractivity contribution in [3.8, 4) is 0 Å². The van der Waals surface area contributed by atoms with Gasteiger partial charge in [-0.25, -0.2) is 13.2 Å². The minimum atomic E-state index is -3.13. The number of hydrogen-bond donors (Lipinski definition) is 1. The van der Waals surface area contributed by atoms with Crippen molar-refractivity contribution in [3.05, 3.63) is 16.5 Å². The Labute approximate surface area is 146 Å². The molecule has 0 saturated carbocycles. The number of thiophene rings is 1. The maximum Gasteiger partial charge on any atom is 0.341 e. The summed E-state index contributed by atoms with van der Waals surface area (Å²) in [6, 6.07) is 0. The minimum absolute atomic E-state index is 0.0405. The second-order valence-corrected chi connectivity index (χ2v) is 9.48. The lowest BCUT2D eigenvalue weighted by Crippen LogP contribution is -2.24. The van der Waals surface area contributed by atoms with Crippen LogP contribution in [0.2, 0.25) is 0 Å². The number of esters is 1. The maximum atomic E-state index is 12.3. The third-order valence-corrected chi connectivity index (χ3v) is 6.53. The molecule has 0 radical (unpaired) electrons. The summed E-state index contributed by atoms with van der Waals surface area (Å²) in [7, 11) is -3.13. The van der Waals surface area contributed by atoms with E-state index in [9.17, 15) is 18.0 Å². The van der Waals surface area contributed by atoms with Gasteiger partial charge in [0.05, 0.1) is 29.6 Å². The van der Waals surface area contributed by atoms with E-state index in [2.05, 4.69) is 5.32 Å². The molecule has 24 heavy (non-hydrogen) atoms. The molecule has 0 aromatic carbocycles. The van der Waals surface area contributed by atoms with Crippen molar-refractivity contribution in [3.63, 3.8) is 0 Å². The number of nitrogens with one attached hydrogen (secondary N) is 1. The molecule has 2 heterocycles. The highest BCUT2D eigenvalue weighted by Gasteiger charge is 2.34. The van der Waals surface area contributed by atoms with Crippen LogP contribution in [-0.2, 0) is 25.8 Å². The highest BCUT2D eigenvalue weighted by Crippen LogP contribution is 2.32. The number of amides is 1. The molecule has 134 valence electrons. The van der Waals surface area contributed by atoms with Crippen molar-refractivity contribution in [2.75, 3.05) is 23.4 Å². The van der Waals surface area contributed by atoms with Crippen molar-refractivity contribution in [1.82, 2.24) is 0 Å². The molecule has 1 N–H and O–H groups in total. The third-order valence-electron chi connectivity index (χ3n) is 3.81. The monoisotopic (exact) mass is 373 g/mol. The second kappa shape index (κ2) is 7.65. The molecule has 0 unspecified atom stereocenters. The standard InChI is InChI=1S/C16H23NO5S2/c1-4-22-16(19)13-12(7-10(2)3)8-23-15(13)17-14(18)11-5-6-24(20,21)9-11/h8,10-11H,4-7,9H2,1-3H3,(H,17,18)/t11-/m1/s1. The molecule has 2 rings (SSSR count). The van der Waals surface area contributed by atoms with Crippen LogP contribution in [0.25, 0.3) is 0 Å². The predicted molar refractivity (Wildman–Crippen MR) is 94.2 cm³/mol. The zero-order chi connectivity index (χ0) is 17.9. The first-order chi connectivity index (χ1) is 11.2. The highest BCUT2D eigenvalue weighted by molar-refractivity contribution is 7.91. The van der Waals surface area contributed by atoms with Crippen LogP contribution in [0.15, 0.2) is 5.38 Å². The van der Waals surface area contributed by atoms with Gasteiger partial charge in [0.1, 0.15) is 5.00 Å². The lowest BCUT2D eigenvalue weighted by atomic mass is 10.0. The molecule has 1 aromatic heterocycles. The summed E-state index contributed by atoms with van der Waals surface area (Å²) >= 11 is 1.28. The normalized spacial score (nSPS) is 19.4. The van der Waals surface area contributed by atoms with Gasteiger partial charge in [0, 0.05) is 0 Å². The molecule has 1 aliphatic heterocycles. The Bertz CT molecular complexity index is 721. The van der Waals surface area contributed by atoms with Crippen LogP contribution in [0.5, 0.6) is 0 Å². The van der Waals surface area contributed by atoms with Crippen LogP contribution < -0.4 is 5.32 Å². The topological polar surface area (TPSA) is 89.5 Å². The van der Waals surface area contributed by atoms with E-state index in [-0.39, 0.29) is 24.0 Å². The van der Waals surface area contributed by atoms with E-state index in [0.717, 1.165) is 5.56 Å². The average molecular weight is 373 g/mol. The summed E-state index contributed by atoms with van der Waals surface area (Å²) < 4.78 is 28.2. The Morgan fingerprint density at radius 3 is 2.67 bits per heavy atom. The molecule has 1 aliphatic rings. The van der Waals surface area contributed by atoms with Gasteiger partial charge in [0.2, 0.25) is 5.91 Å². The Kier molecular flexibility index (Phi) is 6.03. The van der Waals surface area contributed by atoms with E-state index in [4.69, 9.17) is 4.74 Å². The van der Waals surface area contributed by atoms with Crippen molar-refractivity contribution >= 4 is 38.1 Å². The maximum absolute atomic E-state index is 12.3. The smallest absolute Gasteiger partial charge is 0.341 e. The first-order valence-corrected chi connectivity index (χ1v) is 10.7. The Hall–Kier alpha value is -1.41. The Balaban J connectivity index is 2.21. The van der Waals surface area contributed by atoms with Crippen LogP contribution in [0, 0.1) is 11.8 Å². The molecule has 6 nitrogen and oxygen atoms in total. The Morgan fingerprint density at radius 2 is 2.12 bits per heavy atom. The van der Waals surface area contributed by atoms with Gasteiger partial charge in [-0.1, -0.05) is 13.8 Å². The van der Waals surface area contributed by atoms with E-state index in [1.165, 1.54) is 11.3 Å². The number of carbonyl (C=O) groups excluding carboxylic acids is 2. The number of sulfone groups is 1. The van der Waals surface area contributed by atoms with Crippen LogP contribution in [-0.4, -0.2) is 38.4 Å². The number of ether oxygens (including phenoxy) is 1. The molecule has 1 atom stereocenters. The number of anilines is 1. The molecule has 0 spiro atoms. The van der Waals surface area contributed by atoms with Crippen molar-refractivity contribution in [2.24, 2.45) is 11.8 Å². The molecule has 1 aromatic rings. The van der Waals surface area contributed by atoms with Gasteiger partial charge in [0.15, 0.2) is 9.84 Å². The fourth-order valence-electron chi connectivity index (χ4n) is 2.72. The summed E-state index contributed by atoms with van der Waals surface area (Å²) in [6.45, 7) is 6.08. The van der Waals surface area contributed by atoms with Crippen molar-refractivity contribution < 1.29 is 22.7 Å². The number of carbonyl (C=O) groups is 2. The van der Waals surface area contributed by atoms with E-state index in [0.29, 0.717) is 29.3 Å². The Morgan fingerprint density at radius 1 is 1.42 bits per heavy atom. The molecule has 1 fully saturated rings. The lowest BCUT2D eigenvalue weighted by molar-refractivity contribution is -0.119. The van der Waals surface area contributed by atoms with Crippen molar-refractivity contribution in [1.29, 1.82) is 0 Å². The van der Waals surface area contributed by atoms with Crippen LogP contribution in [0.1, 0.15) is 43.1 Å². The first-order valence-electron chi connectivity index (χ1n) is 8.02. The van der Waals surface area contributed by atoms with Crippen LogP contribution in [0.4, 0.5) is 5.00 Å². The molecular weight excluding hydrogens is 350 g/mol. The summed E-state index contributed by atoms with van der Waals surface area (Å²) in [5.41, 5.74) is 1.24. The van der Waals surface area contributed by atoms with Crippen LogP contribution >= 0.6 is 11.3 Å². The van der Waals surface area contributed by atoms with Gasteiger partial charge in [-0.15, -0.1) is 11.3 Å². The largest absolute Gasteiger partial charge is 0.462 e. The lowest BCUT2D eigenvalue weighted by Gasteiger charge is -2.11. The van der Waals surface area contributed by atoms with Gasteiger partial charge in [-0.05, 0) is 36.6 Å². The summed E-state index contributed by atoms with van der Waals surface area (Å²) in [4.78, 5) is 24.6. The number of rotatable bonds is 6. The fraction of sp³-hybridized carbons (Fsp3) is 0.625. The van der Waals surface area contributed by atoms with E-state index in [1.54, 1.807) is 6.92 Å². The quantitative estimate of drug-likeness (QED) is 0.774. The second-order valence-electron chi connectivity index (χ2n) is 6.37. The van der Waals surface area contributed by atoms with Gasteiger partial charge in [-0.2, -0.15) is 0 Å². The van der Waals surface area contributed by atoms with Gasteiger partial charge in [-0.3, -0.25) is 4.79 Å². The molecule has 0 bridgehead atoms. The highest BCUT2D eigenvalue weighted by atomic mass is 32.2. The van der Waals surface area contributed by atoms with Crippen molar-refractivity contribution in [2.45, 2.75) is 33.6 Å². The van der Waals surface area contributed by atoms with Crippen LogP contribution in [0.3, 0.4) is 0 Å². The number of hydrogen-bond acceptors (Lipinski definition) is 6. The van der Waals surface area contributed by atoms with E-state index in [1.807, 2.05) is 19.2 Å². The molecule has 1 amide bonds. The first kappa shape index (κ1) is 18.9. The summed E-state index contributed by atoms with van der Waals surface area (Å²) in [5.74, 6) is -1.09. The zero-order valence-corrected chi connectivity index (χ0v) is 15.8. The summed E-state index contributed by atoms with van der Waals surface area (Å²) in [6.07, 6.45) is 1.03. The predicted octanol–water partition coefficient (Wildman–Crippen LogP) is 2.50. The molecular formula is C16H23NO5S2. The SMILES string of the molecule is CCOC(=O)c1c(CC(C)C)csc1NC(=O)[C@@H]1CCS(=O)(=O)C1. The van der Waals surface area contributed by atoms with E-state index >= 15 is 0 Å². The molecule has 8 heteroatoms. The average Bonchev–Trinajstić information content (AvgIpc) is 3.02. The fourth-order valence-corrected chi connectivity index (χ4v) is 5.43. The van der Waals surface area contributed by atoms with E-state index < -0.39 is 21.7 Å². The third kappa shape index (κ3) is 4.57. The molecule has 0 aliphatic carbocycles. The van der Waals surface area contributed by atoms with Gasteiger partial charge >= 0.3 is 5.97 Å². The van der Waals surface area contributed by atoms with Gasteiger partial charge < -0.3 is 10.1 Å². The van der Waals surface area contributed by atoms with Gasteiger partial charge in [0.25, 0.3) is 0 Å². The zero-order valence-electron chi connectivity index (χ0n) is 14.1. The minimum Gasteiger partial charge on any atom is -0.462 e. The molecule has 1 saturated heterocycles. The summed E-state index contributed by atoms with van der Waals surface area (Å²) in [5, 5.41) is 5.03.